The molecular weight excluding hydrogens is 254 g/mol. The van der Waals surface area contributed by atoms with Crippen LogP contribution in [0.3, 0.4) is 0 Å². The Kier molecular flexibility index (Phi) is 4.55. The molecule has 104 valence electrons. The molecule has 0 spiro atoms. The third-order valence-electron chi connectivity index (χ3n) is 2.84. The number of nitrogens with one attached hydrogen (secondary N) is 1. The van der Waals surface area contributed by atoms with Crippen LogP contribution in [0, 0.1) is 0 Å². The van der Waals surface area contributed by atoms with Crippen molar-refractivity contribution in [2.24, 2.45) is 0 Å². The number of methoxy groups -OCH3 is 1. The number of anilines is 1. The van der Waals surface area contributed by atoms with Crippen molar-refractivity contribution in [2.45, 2.75) is 13.0 Å². The number of nitrogens with zero attached hydrogens (tertiary/aromatic N) is 1. The van der Waals surface area contributed by atoms with E-state index in [0.717, 1.165) is 11.1 Å². The number of hydrogen-bond donors (Lipinski definition) is 2. The molecule has 5 nitrogen and oxygen atoms in total. The van der Waals surface area contributed by atoms with Crippen molar-refractivity contribution >= 4 is 11.6 Å². The molecule has 0 aliphatic rings. The maximum Gasteiger partial charge on any atom is 0.224 e. The van der Waals surface area contributed by atoms with Gasteiger partial charge in [0.1, 0.15) is 0 Å². The number of nitrogen functional groups attached to an aromatic ring is 1. The van der Waals surface area contributed by atoms with Crippen LogP contribution < -0.4 is 15.8 Å². The summed E-state index contributed by atoms with van der Waals surface area (Å²) >= 11 is 0. The highest BCUT2D eigenvalue weighted by Gasteiger charge is 2.04. The molecule has 20 heavy (non-hydrogen) atoms. The van der Waals surface area contributed by atoms with E-state index in [9.17, 15) is 4.79 Å². The Balaban J connectivity index is 1.87. The molecule has 0 saturated carbocycles. The van der Waals surface area contributed by atoms with Crippen LogP contribution in [-0.2, 0) is 17.8 Å². The normalized spacial score (nSPS) is 10.1. The first-order valence-electron chi connectivity index (χ1n) is 6.27. The van der Waals surface area contributed by atoms with Crippen LogP contribution in [0.25, 0.3) is 0 Å². The van der Waals surface area contributed by atoms with E-state index in [1.165, 1.54) is 0 Å². The Morgan fingerprint density at radius 1 is 1.25 bits per heavy atom. The van der Waals surface area contributed by atoms with Gasteiger partial charge in [-0.1, -0.05) is 12.1 Å². The van der Waals surface area contributed by atoms with Crippen LogP contribution in [0.1, 0.15) is 11.1 Å². The number of pyridine rings is 1. The summed E-state index contributed by atoms with van der Waals surface area (Å²) in [4.78, 5) is 15.9. The van der Waals surface area contributed by atoms with Gasteiger partial charge in [0.25, 0.3) is 0 Å². The van der Waals surface area contributed by atoms with E-state index in [2.05, 4.69) is 10.3 Å². The van der Waals surface area contributed by atoms with Gasteiger partial charge in [0, 0.05) is 24.5 Å². The molecule has 2 rings (SSSR count). The first-order valence-corrected chi connectivity index (χ1v) is 6.27. The lowest BCUT2D eigenvalue weighted by Crippen LogP contribution is -2.24. The summed E-state index contributed by atoms with van der Waals surface area (Å²) in [6.07, 6.45) is 1.99. The van der Waals surface area contributed by atoms with E-state index >= 15 is 0 Å². The van der Waals surface area contributed by atoms with Crippen LogP contribution in [-0.4, -0.2) is 18.0 Å². The summed E-state index contributed by atoms with van der Waals surface area (Å²) in [6, 6.07) is 10.9. The largest absolute Gasteiger partial charge is 0.481 e. The number of hydrogen-bond acceptors (Lipinski definition) is 4. The summed E-state index contributed by atoms with van der Waals surface area (Å²) in [5.41, 5.74) is 8.17. The Labute approximate surface area is 117 Å². The quantitative estimate of drug-likeness (QED) is 0.808. The van der Waals surface area contributed by atoms with Crippen molar-refractivity contribution in [2.75, 3.05) is 12.8 Å². The molecule has 0 aliphatic heterocycles. The van der Waals surface area contributed by atoms with E-state index in [-0.39, 0.29) is 5.91 Å². The van der Waals surface area contributed by atoms with Gasteiger partial charge in [0.05, 0.1) is 13.5 Å². The minimum absolute atomic E-state index is 0.0365. The number of carbonyl (C=O) groups excluding carboxylic acids is 1. The van der Waals surface area contributed by atoms with E-state index in [1.54, 1.807) is 31.5 Å². The fourth-order valence-electron chi connectivity index (χ4n) is 1.76. The molecule has 0 bridgehead atoms. The van der Waals surface area contributed by atoms with Crippen LogP contribution in [0.5, 0.6) is 5.88 Å². The molecule has 0 fully saturated rings. The summed E-state index contributed by atoms with van der Waals surface area (Å²) in [7, 11) is 1.56. The second-order valence-corrected chi connectivity index (χ2v) is 4.40. The van der Waals surface area contributed by atoms with Gasteiger partial charge in [-0.3, -0.25) is 4.79 Å². The van der Waals surface area contributed by atoms with Crippen molar-refractivity contribution in [3.8, 4) is 5.88 Å². The third kappa shape index (κ3) is 3.98. The average molecular weight is 271 g/mol. The SMILES string of the molecule is COc1cc(CNC(=O)Cc2ccc(N)cc2)ccn1. The van der Waals surface area contributed by atoms with Gasteiger partial charge >= 0.3 is 0 Å². The second-order valence-electron chi connectivity index (χ2n) is 4.40. The smallest absolute Gasteiger partial charge is 0.224 e. The summed E-state index contributed by atoms with van der Waals surface area (Å²) in [6.45, 7) is 0.451. The van der Waals surface area contributed by atoms with Gasteiger partial charge in [0.15, 0.2) is 0 Å². The van der Waals surface area contributed by atoms with Crippen LogP contribution in [0.4, 0.5) is 5.69 Å². The lowest BCUT2D eigenvalue weighted by Gasteiger charge is -2.07. The second kappa shape index (κ2) is 6.56. The number of benzene rings is 1. The number of aromatic nitrogens is 1. The van der Waals surface area contributed by atoms with Crippen molar-refractivity contribution in [3.63, 3.8) is 0 Å². The van der Waals surface area contributed by atoms with Gasteiger partial charge in [-0.25, -0.2) is 4.98 Å². The molecule has 1 aromatic heterocycles. The standard InChI is InChI=1S/C15H17N3O2/c1-20-15-9-12(6-7-17-15)10-18-14(19)8-11-2-4-13(16)5-3-11/h2-7,9H,8,10,16H2,1H3,(H,18,19). The van der Waals surface area contributed by atoms with Crippen LogP contribution >= 0.6 is 0 Å². The summed E-state index contributed by atoms with van der Waals surface area (Å²) in [5.74, 6) is 0.501. The van der Waals surface area contributed by atoms with Gasteiger partial charge < -0.3 is 15.8 Å². The highest BCUT2D eigenvalue weighted by atomic mass is 16.5. The molecule has 1 amide bonds. The van der Waals surface area contributed by atoms with E-state index < -0.39 is 0 Å². The molecule has 1 heterocycles. The van der Waals surface area contributed by atoms with Gasteiger partial charge in [0.2, 0.25) is 11.8 Å². The molecule has 5 heteroatoms. The molecule has 1 aromatic carbocycles. The van der Waals surface area contributed by atoms with Crippen molar-refractivity contribution < 1.29 is 9.53 Å². The van der Waals surface area contributed by atoms with E-state index in [4.69, 9.17) is 10.5 Å². The topological polar surface area (TPSA) is 77.2 Å². The average Bonchev–Trinajstić information content (AvgIpc) is 2.48. The number of carbonyl (C=O) groups is 1. The van der Waals surface area contributed by atoms with Crippen molar-refractivity contribution in [1.29, 1.82) is 0 Å². The zero-order chi connectivity index (χ0) is 14.4. The molecule has 2 aromatic rings. The predicted molar refractivity (Wildman–Crippen MR) is 77.2 cm³/mol. The van der Waals surface area contributed by atoms with Crippen LogP contribution in [0.15, 0.2) is 42.6 Å². The molecule has 0 aliphatic carbocycles. The third-order valence-corrected chi connectivity index (χ3v) is 2.84. The first kappa shape index (κ1) is 13.9. The fraction of sp³-hybridized carbons (Fsp3) is 0.200. The minimum Gasteiger partial charge on any atom is -0.481 e. The maximum absolute atomic E-state index is 11.8. The number of rotatable bonds is 5. The van der Waals surface area contributed by atoms with E-state index in [0.29, 0.717) is 24.5 Å². The van der Waals surface area contributed by atoms with Gasteiger partial charge in [-0.15, -0.1) is 0 Å². The Hall–Kier alpha value is -2.56. The molecule has 3 N–H and O–H groups in total. The highest BCUT2D eigenvalue weighted by Crippen LogP contribution is 2.09. The van der Waals surface area contributed by atoms with Crippen molar-refractivity contribution in [1.82, 2.24) is 10.3 Å². The molecule has 0 unspecified atom stereocenters. The van der Waals surface area contributed by atoms with Gasteiger partial charge in [-0.2, -0.15) is 0 Å². The van der Waals surface area contributed by atoms with Gasteiger partial charge in [-0.05, 0) is 29.3 Å². The molecule has 0 atom stereocenters. The highest BCUT2D eigenvalue weighted by molar-refractivity contribution is 5.78. The summed E-state index contributed by atoms with van der Waals surface area (Å²) in [5, 5.41) is 2.86. The van der Waals surface area contributed by atoms with Crippen LogP contribution in [0.2, 0.25) is 0 Å². The lowest BCUT2D eigenvalue weighted by molar-refractivity contribution is -0.120. The van der Waals surface area contributed by atoms with E-state index in [1.807, 2.05) is 18.2 Å². The monoisotopic (exact) mass is 271 g/mol. The lowest BCUT2D eigenvalue weighted by atomic mass is 10.1. The zero-order valence-corrected chi connectivity index (χ0v) is 11.3. The van der Waals surface area contributed by atoms with Crippen molar-refractivity contribution in [3.05, 3.63) is 53.7 Å². The minimum atomic E-state index is -0.0365. The molecule has 0 saturated heterocycles. The first-order chi connectivity index (χ1) is 9.67. The zero-order valence-electron chi connectivity index (χ0n) is 11.3. The fourth-order valence-corrected chi connectivity index (χ4v) is 1.76. The number of amides is 1. The Bertz CT molecular complexity index is 582. The molecule has 0 radical (unpaired) electrons. The number of nitrogens with two attached hydrogens (primary N) is 1. The number of ether oxygens (including phenoxy) is 1. The Morgan fingerprint density at radius 2 is 2.00 bits per heavy atom. The Morgan fingerprint density at radius 3 is 2.70 bits per heavy atom. The molecular formula is C15H17N3O2. The predicted octanol–water partition coefficient (Wildman–Crippen LogP) is 1.53. The maximum atomic E-state index is 11.8. The summed E-state index contributed by atoms with van der Waals surface area (Å²) < 4.78 is 5.03.